The molecular weight excluding hydrogens is 352 g/mol. The topological polar surface area (TPSA) is 48.1 Å². The van der Waals surface area contributed by atoms with E-state index in [0.717, 1.165) is 16.9 Å². The van der Waals surface area contributed by atoms with Crippen LogP contribution < -0.4 is 9.47 Å². The molecule has 1 aliphatic rings. The maximum Gasteiger partial charge on any atom is 0.198 e. The molecule has 0 saturated carbocycles. The zero-order valence-corrected chi connectivity index (χ0v) is 15.7. The van der Waals surface area contributed by atoms with Crippen LogP contribution in [0.3, 0.4) is 0 Å². The standard InChI is InChI=1S/C24H22O4/c1-2-26-19-14-12-18(13-15-19)23-24(28-23)22(25)20-10-6-7-11-21(20)27-16-17-8-4-3-5-9-17/h3-15,23-24H,2,16H2,1H3. The average molecular weight is 374 g/mol. The first-order valence-electron chi connectivity index (χ1n) is 9.44. The second-order valence-electron chi connectivity index (χ2n) is 6.61. The summed E-state index contributed by atoms with van der Waals surface area (Å²) in [5.74, 6) is 1.34. The molecule has 1 fully saturated rings. The maximum absolute atomic E-state index is 13.0. The minimum absolute atomic E-state index is 0.0532. The molecule has 4 nitrogen and oxygen atoms in total. The SMILES string of the molecule is CCOc1ccc(C2OC2C(=O)c2ccccc2OCc2ccccc2)cc1. The van der Waals surface area contributed by atoms with Gasteiger partial charge >= 0.3 is 0 Å². The van der Waals surface area contributed by atoms with Gasteiger partial charge in [-0.05, 0) is 42.3 Å². The number of carbonyl (C=O) groups excluding carboxylic acids is 1. The molecule has 0 N–H and O–H groups in total. The molecule has 2 unspecified atom stereocenters. The summed E-state index contributed by atoms with van der Waals surface area (Å²) >= 11 is 0. The van der Waals surface area contributed by atoms with Gasteiger partial charge in [-0.25, -0.2) is 0 Å². The van der Waals surface area contributed by atoms with Crippen molar-refractivity contribution in [3.05, 3.63) is 95.6 Å². The Kier molecular flexibility index (Phi) is 5.40. The van der Waals surface area contributed by atoms with E-state index in [4.69, 9.17) is 14.2 Å². The molecule has 28 heavy (non-hydrogen) atoms. The minimum Gasteiger partial charge on any atom is -0.494 e. The second-order valence-corrected chi connectivity index (χ2v) is 6.61. The van der Waals surface area contributed by atoms with Crippen LogP contribution in [-0.4, -0.2) is 18.5 Å². The Morgan fingerprint density at radius 1 is 0.893 bits per heavy atom. The Morgan fingerprint density at radius 2 is 1.61 bits per heavy atom. The van der Waals surface area contributed by atoms with Crippen LogP contribution in [0.2, 0.25) is 0 Å². The Balaban J connectivity index is 1.44. The molecule has 3 aromatic rings. The van der Waals surface area contributed by atoms with Gasteiger partial charge in [-0.2, -0.15) is 0 Å². The van der Waals surface area contributed by atoms with Crippen molar-refractivity contribution < 1.29 is 19.0 Å². The van der Waals surface area contributed by atoms with Crippen molar-refractivity contribution in [1.82, 2.24) is 0 Å². The van der Waals surface area contributed by atoms with Crippen LogP contribution in [-0.2, 0) is 11.3 Å². The van der Waals surface area contributed by atoms with E-state index < -0.39 is 6.10 Å². The largest absolute Gasteiger partial charge is 0.494 e. The van der Waals surface area contributed by atoms with Gasteiger partial charge in [0.2, 0.25) is 0 Å². The summed E-state index contributed by atoms with van der Waals surface area (Å²) in [4.78, 5) is 13.0. The van der Waals surface area contributed by atoms with Gasteiger partial charge in [0.05, 0.1) is 12.2 Å². The third kappa shape index (κ3) is 4.07. The molecule has 2 atom stereocenters. The van der Waals surface area contributed by atoms with E-state index in [0.29, 0.717) is 24.5 Å². The normalized spacial score (nSPS) is 17.8. The number of hydrogen-bond acceptors (Lipinski definition) is 4. The van der Waals surface area contributed by atoms with Crippen molar-refractivity contribution in [2.24, 2.45) is 0 Å². The number of epoxide rings is 1. The van der Waals surface area contributed by atoms with E-state index in [1.807, 2.05) is 79.7 Å². The maximum atomic E-state index is 13.0. The fourth-order valence-electron chi connectivity index (χ4n) is 3.17. The van der Waals surface area contributed by atoms with Crippen LogP contribution in [0, 0.1) is 0 Å². The predicted molar refractivity (Wildman–Crippen MR) is 107 cm³/mol. The molecule has 1 heterocycles. The number of rotatable bonds is 8. The number of Topliss-reactive ketones (excluding diaryl/α,β-unsaturated/α-hetero) is 1. The van der Waals surface area contributed by atoms with Gasteiger partial charge in [0.25, 0.3) is 0 Å². The molecule has 0 aromatic heterocycles. The Morgan fingerprint density at radius 3 is 2.36 bits per heavy atom. The van der Waals surface area contributed by atoms with Crippen molar-refractivity contribution in [1.29, 1.82) is 0 Å². The monoisotopic (exact) mass is 374 g/mol. The summed E-state index contributed by atoms with van der Waals surface area (Å²) in [6, 6.07) is 24.9. The first-order valence-corrected chi connectivity index (χ1v) is 9.44. The molecule has 4 heteroatoms. The highest BCUT2D eigenvalue weighted by Crippen LogP contribution is 2.42. The molecule has 0 bridgehead atoms. The van der Waals surface area contributed by atoms with Crippen molar-refractivity contribution >= 4 is 5.78 Å². The van der Waals surface area contributed by atoms with E-state index in [2.05, 4.69) is 0 Å². The van der Waals surface area contributed by atoms with Crippen LogP contribution in [0.1, 0.15) is 34.5 Å². The lowest BCUT2D eigenvalue weighted by molar-refractivity contribution is 0.0949. The highest BCUT2D eigenvalue weighted by molar-refractivity contribution is 6.03. The molecule has 3 aromatic carbocycles. The van der Waals surface area contributed by atoms with Gasteiger partial charge in [0.1, 0.15) is 24.2 Å². The molecular formula is C24H22O4. The van der Waals surface area contributed by atoms with Gasteiger partial charge in [0.15, 0.2) is 11.9 Å². The fraction of sp³-hybridized carbons (Fsp3) is 0.208. The summed E-state index contributed by atoms with van der Waals surface area (Å²) in [5.41, 5.74) is 2.58. The van der Waals surface area contributed by atoms with Crippen LogP contribution in [0.25, 0.3) is 0 Å². The van der Waals surface area contributed by atoms with E-state index in [1.165, 1.54) is 0 Å². The van der Waals surface area contributed by atoms with Crippen LogP contribution in [0.15, 0.2) is 78.9 Å². The number of carbonyl (C=O) groups is 1. The summed E-state index contributed by atoms with van der Waals surface area (Å²) in [6.07, 6.45) is -0.690. The fourth-order valence-corrected chi connectivity index (χ4v) is 3.17. The highest BCUT2D eigenvalue weighted by Gasteiger charge is 2.46. The van der Waals surface area contributed by atoms with Crippen LogP contribution >= 0.6 is 0 Å². The summed E-state index contributed by atoms with van der Waals surface area (Å²) in [6.45, 7) is 2.99. The minimum atomic E-state index is -0.473. The van der Waals surface area contributed by atoms with Crippen molar-refractivity contribution in [2.75, 3.05) is 6.61 Å². The molecule has 4 rings (SSSR count). The van der Waals surface area contributed by atoms with Crippen molar-refractivity contribution in [3.8, 4) is 11.5 Å². The number of para-hydroxylation sites is 1. The third-order valence-corrected chi connectivity index (χ3v) is 4.66. The van der Waals surface area contributed by atoms with Gasteiger partial charge in [-0.1, -0.05) is 54.6 Å². The lowest BCUT2D eigenvalue weighted by atomic mass is 10.0. The van der Waals surface area contributed by atoms with Gasteiger partial charge in [-0.3, -0.25) is 4.79 Å². The molecule has 1 aliphatic heterocycles. The van der Waals surface area contributed by atoms with Crippen LogP contribution in [0.4, 0.5) is 0 Å². The number of ether oxygens (including phenoxy) is 3. The zero-order chi connectivity index (χ0) is 19.3. The first kappa shape index (κ1) is 18.3. The quantitative estimate of drug-likeness (QED) is 0.412. The van der Waals surface area contributed by atoms with Gasteiger partial charge < -0.3 is 14.2 Å². The number of ketones is 1. The molecule has 0 amide bonds. The molecule has 0 aliphatic carbocycles. The van der Waals surface area contributed by atoms with Gasteiger partial charge in [0, 0.05) is 0 Å². The summed E-state index contributed by atoms with van der Waals surface area (Å²) < 4.78 is 17.1. The Hall–Kier alpha value is -3.11. The van der Waals surface area contributed by atoms with Gasteiger partial charge in [-0.15, -0.1) is 0 Å². The molecule has 1 saturated heterocycles. The van der Waals surface area contributed by atoms with E-state index in [-0.39, 0.29) is 11.9 Å². The molecule has 0 spiro atoms. The summed E-state index contributed by atoms with van der Waals surface area (Å²) in [5, 5.41) is 0. The number of hydrogen-bond donors (Lipinski definition) is 0. The summed E-state index contributed by atoms with van der Waals surface area (Å²) in [7, 11) is 0. The van der Waals surface area contributed by atoms with Crippen LogP contribution in [0.5, 0.6) is 11.5 Å². The average Bonchev–Trinajstić information content (AvgIpc) is 3.54. The second kappa shape index (κ2) is 8.28. The Bertz CT molecular complexity index is 934. The lowest BCUT2D eigenvalue weighted by Gasteiger charge is -2.10. The molecule has 142 valence electrons. The number of benzene rings is 3. The predicted octanol–water partition coefficient (Wildman–Crippen LogP) is 4.99. The Labute approximate surface area is 164 Å². The molecule has 0 radical (unpaired) electrons. The van der Waals surface area contributed by atoms with E-state index >= 15 is 0 Å². The third-order valence-electron chi connectivity index (χ3n) is 4.66. The van der Waals surface area contributed by atoms with E-state index in [9.17, 15) is 4.79 Å². The first-order chi connectivity index (χ1) is 13.8. The lowest BCUT2D eigenvalue weighted by Crippen LogP contribution is -2.10. The van der Waals surface area contributed by atoms with E-state index in [1.54, 1.807) is 6.07 Å². The smallest absolute Gasteiger partial charge is 0.198 e. The van der Waals surface area contributed by atoms with Crippen molar-refractivity contribution in [3.63, 3.8) is 0 Å². The zero-order valence-electron chi connectivity index (χ0n) is 15.7. The highest BCUT2D eigenvalue weighted by atomic mass is 16.6. The van der Waals surface area contributed by atoms with Crippen molar-refractivity contribution in [2.45, 2.75) is 25.7 Å².